The maximum Gasteiger partial charge on any atom is 0.415 e. The highest BCUT2D eigenvalue weighted by molar-refractivity contribution is 5.99. The van der Waals surface area contributed by atoms with Crippen LogP contribution in [0.3, 0.4) is 0 Å². The number of rotatable bonds is 15. The summed E-state index contributed by atoms with van der Waals surface area (Å²) < 4.78 is 5.43. The van der Waals surface area contributed by atoms with Gasteiger partial charge in [0.15, 0.2) is 11.9 Å². The number of amides is 4. The van der Waals surface area contributed by atoms with Crippen LogP contribution in [0.2, 0.25) is 0 Å². The van der Waals surface area contributed by atoms with Crippen molar-refractivity contribution in [3.8, 4) is 0 Å². The maximum atomic E-state index is 13.6. The van der Waals surface area contributed by atoms with Crippen LogP contribution in [0.25, 0.3) is 0 Å². The Balaban J connectivity index is 1.53. The first kappa shape index (κ1) is 35.8. The number of hydrogen-bond acceptors (Lipinski definition) is 7. The zero-order chi connectivity index (χ0) is 34.8. The SMILES string of the molecule is CC(=O)NC(C(=O)N[C@@H](Cc1ccccc1)CC(O)[C@H](Cc1ccccc1)NC(=O)[C@@H]1CN(c2cccc(C(C)=O)c2)C(=O)O1)C(C)C. The fourth-order valence-corrected chi connectivity index (χ4v) is 5.72. The van der Waals surface area contributed by atoms with Gasteiger partial charge in [0, 0.05) is 24.2 Å². The Hall–Kier alpha value is -5.03. The largest absolute Gasteiger partial charge is 0.434 e. The van der Waals surface area contributed by atoms with E-state index >= 15 is 0 Å². The number of benzene rings is 3. The van der Waals surface area contributed by atoms with E-state index in [1.54, 1.807) is 24.3 Å². The molecule has 0 aromatic heterocycles. The molecule has 0 bridgehead atoms. The molecule has 0 aliphatic carbocycles. The predicted octanol–water partition coefficient (Wildman–Crippen LogP) is 3.58. The Morgan fingerprint density at radius 2 is 1.48 bits per heavy atom. The molecule has 1 saturated heterocycles. The van der Waals surface area contributed by atoms with E-state index in [9.17, 15) is 29.1 Å². The number of carbonyl (C=O) groups excluding carboxylic acids is 5. The van der Waals surface area contributed by atoms with Crippen LogP contribution in [0.15, 0.2) is 84.9 Å². The van der Waals surface area contributed by atoms with Crippen molar-refractivity contribution in [3.63, 3.8) is 0 Å². The van der Waals surface area contributed by atoms with Crippen molar-refractivity contribution in [2.24, 2.45) is 5.92 Å². The molecule has 11 nitrogen and oxygen atoms in total. The van der Waals surface area contributed by atoms with Crippen LogP contribution in [-0.4, -0.2) is 71.6 Å². The number of hydrogen-bond donors (Lipinski definition) is 4. The lowest BCUT2D eigenvalue weighted by Crippen LogP contribution is -2.54. The lowest BCUT2D eigenvalue weighted by atomic mass is 9.92. The number of aliphatic hydroxyl groups is 1. The highest BCUT2D eigenvalue weighted by Gasteiger charge is 2.39. The third-order valence-electron chi connectivity index (χ3n) is 8.26. The van der Waals surface area contributed by atoms with Crippen molar-refractivity contribution >= 4 is 35.3 Å². The number of aliphatic hydroxyl groups excluding tert-OH is 1. The summed E-state index contributed by atoms with van der Waals surface area (Å²) in [6, 6.07) is 23.3. The number of carbonyl (C=O) groups is 5. The Morgan fingerprint density at radius 3 is 2.06 bits per heavy atom. The Morgan fingerprint density at radius 1 is 0.854 bits per heavy atom. The molecule has 11 heteroatoms. The summed E-state index contributed by atoms with van der Waals surface area (Å²) in [7, 11) is 0. The number of ketones is 1. The predicted molar refractivity (Wildman–Crippen MR) is 181 cm³/mol. The normalized spacial score (nSPS) is 16.8. The zero-order valence-corrected chi connectivity index (χ0v) is 27.7. The molecule has 4 rings (SSSR count). The van der Waals surface area contributed by atoms with Crippen molar-refractivity contribution < 1.29 is 33.8 Å². The number of ether oxygens (including phenoxy) is 1. The topological polar surface area (TPSA) is 154 Å². The third kappa shape index (κ3) is 9.98. The molecule has 1 heterocycles. The van der Waals surface area contributed by atoms with E-state index in [4.69, 9.17) is 4.74 Å². The molecule has 3 aromatic rings. The molecule has 2 unspecified atom stereocenters. The first-order chi connectivity index (χ1) is 22.9. The molecule has 0 spiro atoms. The second-order valence-corrected chi connectivity index (χ2v) is 12.5. The standard InChI is InChI=1S/C37H44N4O7/c1-23(2)34(38-25(4)43)36(46)39-29(18-26-12-7-5-8-13-26)21-32(44)31(19-27-14-9-6-10-15-27)40-35(45)33-22-41(37(47)48-33)30-17-11-16-28(20-30)24(3)42/h5-17,20,23,29,31-34,44H,18-19,21-22H2,1-4H3,(H,38,43)(H,39,46)(H,40,45)/t29-,31-,32?,33-,34?/m0/s1. The monoisotopic (exact) mass is 656 g/mol. The molecule has 4 amide bonds. The van der Waals surface area contributed by atoms with Gasteiger partial charge in [-0.05, 0) is 55.4 Å². The van der Waals surface area contributed by atoms with E-state index in [2.05, 4.69) is 16.0 Å². The Kier molecular flexibility index (Phi) is 12.5. The van der Waals surface area contributed by atoms with Crippen LogP contribution >= 0.6 is 0 Å². The molecule has 1 aliphatic rings. The van der Waals surface area contributed by atoms with E-state index < -0.39 is 42.3 Å². The molecule has 1 fully saturated rings. The number of nitrogens with one attached hydrogen (secondary N) is 3. The minimum absolute atomic E-state index is 0.0768. The average molecular weight is 657 g/mol. The second kappa shape index (κ2) is 16.7. The zero-order valence-electron chi connectivity index (χ0n) is 27.7. The molecular formula is C37H44N4O7. The lowest BCUT2D eigenvalue weighted by molar-refractivity contribution is -0.130. The summed E-state index contributed by atoms with van der Waals surface area (Å²) >= 11 is 0. The van der Waals surface area contributed by atoms with Gasteiger partial charge in [0.2, 0.25) is 11.8 Å². The molecule has 5 atom stereocenters. The summed E-state index contributed by atoms with van der Waals surface area (Å²) in [6.45, 7) is 6.38. The first-order valence-electron chi connectivity index (χ1n) is 16.1. The number of anilines is 1. The van der Waals surface area contributed by atoms with E-state index in [0.717, 1.165) is 11.1 Å². The van der Waals surface area contributed by atoms with Crippen LogP contribution < -0.4 is 20.9 Å². The summed E-state index contributed by atoms with van der Waals surface area (Å²) in [5.74, 6) is -1.62. The Labute approximate surface area is 281 Å². The van der Waals surface area contributed by atoms with Gasteiger partial charge in [-0.1, -0.05) is 86.6 Å². The molecule has 254 valence electrons. The van der Waals surface area contributed by atoms with Gasteiger partial charge in [0.05, 0.1) is 18.7 Å². The van der Waals surface area contributed by atoms with Crippen molar-refractivity contribution in [1.29, 1.82) is 0 Å². The summed E-state index contributed by atoms with van der Waals surface area (Å²) in [5.41, 5.74) is 2.66. The van der Waals surface area contributed by atoms with Crippen LogP contribution in [0, 0.1) is 5.92 Å². The van der Waals surface area contributed by atoms with Gasteiger partial charge < -0.3 is 25.8 Å². The van der Waals surface area contributed by atoms with Gasteiger partial charge >= 0.3 is 6.09 Å². The van der Waals surface area contributed by atoms with Crippen LogP contribution in [0.4, 0.5) is 10.5 Å². The molecule has 1 aliphatic heterocycles. The summed E-state index contributed by atoms with van der Waals surface area (Å²) in [6.07, 6.45) is -2.26. The smallest absolute Gasteiger partial charge is 0.415 e. The fourth-order valence-electron chi connectivity index (χ4n) is 5.72. The first-order valence-corrected chi connectivity index (χ1v) is 16.1. The van der Waals surface area contributed by atoms with Gasteiger partial charge in [0.25, 0.3) is 5.91 Å². The van der Waals surface area contributed by atoms with Crippen LogP contribution in [-0.2, 0) is 32.0 Å². The van der Waals surface area contributed by atoms with Crippen LogP contribution in [0.1, 0.15) is 55.6 Å². The van der Waals surface area contributed by atoms with Gasteiger partial charge in [-0.25, -0.2) is 4.79 Å². The minimum atomic E-state index is -1.16. The van der Waals surface area contributed by atoms with Gasteiger partial charge in [-0.3, -0.25) is 24.1 Å². The summed E-state index contributed by atoms with van der Waals surface area (Å²) in [4.78, 5) is 64.8. The molecule has 4 N–H and O–H groups in total. The van der Waals surface area contributed by atoms with Crippen molar-refractivity contribution in [1.82, 2.24) is 16.0 Å². The lowest BCUT2D eigenvalue weighted by Gasteiger charge is -2.30. The average Bonchev–Trinajstić information content (AvgIpc) is 3.45. The maximum absolute atomic E-state index is 13.6. The van der Waals surface area contributed by atoms with E-state index in [1.807, 2.05) is 74.5 Å². The van der Waals surface area contributed by atoms with Gasteiger partial charge in [-0.2, -0.15) is 0 Å². The molecule has 48 heavy (non-hydrogen) atoms. The van der Waals surface area contributed by atoms with Gasteiger partial charge in [0.1, 0.15) is 6.04 Å². The fraction of sp³-hybridized carbons (Fsp3) is 0.378. The molecule has 0 saturated carbocycles. The number of cyclic esters (lactones) is 1. The van der Waals surface area contributed by atoms with Crippen molar-refractivity contribution in [3.05, 3.63) is 102 Å². The molecule has 3 aromatic carbocycles. The van der Waals surface area contributed by atoms with Crippen LogP contribution in [0.5, 0.6) is 0 Å². The second-order valence-electron chi connectivity index (χ2n) is 12.5. The number of Topliss-reactive ketones (excluding diaryl/α,β-unsaturated/α-hetero) is 1. The van der Waals surface area contributed by atoms with E-state index in [1.165, 1.54) is 18.7 Å². The van der Waals surface area contributed by atoms with Crippen molar-refractivity contribution in [2.45, 2.75) is 77.3 Å². The summed E-state index contributed by atoms with van der Waals surface area (Å²) in [5, 5.41) is 20.3. The van der Waals surface area contributed by atoms with Crippen molar-refractivity contribution in [2.75, 3.05) is 11.4 Å². The highest BCUT2D eigenvalue weighted by Crippen LogP contribution is 2.24. The minimum Gasteiger partial charge on any atom is -0.434 e. The quantitative estimate of drug-likeness (QED) is 0.182. The highest BCUT2D eigenvalue weighted by atomic mass is 16.6. The van der Waals surface area contributed by atoms with E-state index in [-0.39, 0.29) is 42.9 Å². The van der Waals surface area contributed by atoms with E-state index in [0.29, 0.717) is 17.7 Å². The molecular weight excluding hydrogens is 612 g/mol. The van der Waals surface area contributed by atoms with Gasteiger partial charge in [-0.15, -0.1) is 0 Å². The molecule has 0 radical (unpaired) electrons. The third-order valence-corrected chi connectivity index (χ3v) is 8.26. The Bertz CT molecular complexity index is 1580. The number of nitrogens with zero attached hydrogens (tertiary/aromatic N) is 1.